The van der Waals surface area contributed by atoms with Crippen LogP contribution in [0.1, 0.15) is 120 Å². The number of aromatic hydroxyl groups is 1. The molecule has 0 saturated heterocycles. The van der Waals surface area contributed by atoms with Crippen LogP contribution in [0.2, 0.25) is 0 Å². The van der Waals surface area contributed by atoms with Gasteiger partial charge in [-0.2, -0.15) is 0 Å². The summed E-state index contributed by atoms with van der Waals surface area (Å²) < 4.78 is 0. The van der Waals surface area contributed by atoms with E-state index in [9.17, 15) is 5.11 Å². The van der Waals surface area contributed by atoms with Gasteiger partial charge in [-0.15, -0.1) is 0 Å². The van der Waals surface area contributed by atoms with E-state index in [1.54, 1.807) is 0 Å². The van der Waals surface area contributed by atoms with E-state index in [2.05, 4.69) is 42.5 Å². The van der Waals surface area contributed by atoms with Crippen LogP contribution < -0.4 is 0 Å². The van der Waals surface area contributed by atoms with Gasteiger partial charge in [0.25, 0.3) is 0 Å². The summed E-state index contributed by atoms with van der Waals surface area (Å²) in [7, 11) is 9.87. The third kappa shape index (κ3) is 9.92. The standard InChI is InChI=1S/C31H43NO.2ClH.Zr/c33-31-29(26-18-10-6-4-2-1-3-5-7-11-19-26)23-22-28(25-16-12-8-13-17-25)30(31)24-32-27-20-14-9-15-21-27;;;/h8,12-13,16-17,22-24,26-27,33H,1-7,9-11,14-15,18-21H2;2*1H;/q;;;+2/p-2. The molecule has 0 aliphatic heterocycles. The number of hydrogen-bond acceptors (Lipinski definition) is 2. The van der Waals surface area contributed by atoms with Crippen molar-refractivity contribution < 1.29 is 26.0 Å². The Hall–Kier alpha value is -0.627. The average molecular weight is 608 g/mol. The molecule has 0 spiro atoms. The van der Waals surface area contributed by atoms with E-state index in [0.29, 0.717) is 17.7 Å². The summed E-state index contributed by atoms with van der Waals surface area (Å²) in [6.07, 6.45) is 22.8. The molecule has 2 fully saturated rings. The molecule has 0 amide bonds. The molecule has 0 bridgehead atoms. The second-order valence-electron chi connectivity index (χ2n) is 10.4. The fourth-order valence-corrected chi connectivity index (χ4v) is 5.84. The van der Waals surface area contributed by atoms with E-state index in [1.165, 1.54) is 103 Å². The van der Waals surface area contributed by atoms with Gasteiger partial charge in [-0.1, -0.05) is 120 Å². The Balaban J connectivity index is 0.00000115. The van der Waals surface area contributed by atoms with Crippen molar-refractivity contribution in [2.75, 3.05) is 0 Å². The van der Waals surface area contributed by atoms with Gasteiger partial charge in [0.05, 0.1) is 0 Å². The van der Waals surface area contributed by atoms with Crippen LogP contribution in [0.15, 0.2) is 47.5 Å². The van der Waals surface area contributed by atoms with E-state index < -0.39 is 20.8 Å². The zero-order chi connectivity index (χ0) is 25.4. The number of phenols is 1. The summed E-state index contributed by atoms with van der Waals surface area (Å²) in [5.41, 5.74) is 4.33. The minimum atomic E-state index is -0.826. The quantitative estimate of drug-likeness (QED) is 0.345. The van der Waals surface area contributed by atoms with Crippen molar-refractivity contribution >= 4 is 23.2 Å². The molecule has 0 atom stereocenters. The number of rotatable bonds is 4. The van der Waals surface area contributed by atoms with E-state index in [-0.39, 0.29) is 0 Å². The van der Waals surface area contributed by atoms with Crippen LogP contribution in [0.4, 0.5) is 0 Å². The Morgan fingerprint density at radius 2 is 1.19 bits per heavy atom. The second kappa shape index (κ2) is 17.8. The molecule has 1 N–H and O–H groups in total. The predicted octanol–water partition coefficient (Wildman–Crippen LogP) is 10.6. The summed E-state index contributed by atoms with van der Waals surface area (Å²) in [4.78, 5) is 4.99. The third-order valence-electron chi connectivity index (χ3n) is 7.87. The zero-order valence-electron chi connectivity index (χ0n) is 21.7. The molecule has 2 saturated carbocycles. The molecule has 2 aromatic rings. The number of halogens is 2. The topological polar surface area (TPSA) is 32.6 Å². The number of aliphatic imine (C=N–C) groups is 1. The van der Waals surface area contributed by atoms with Crippen LogP contribution >= 0.6 is 17.0 Å². The molecule has 4 rings (SSSR count). The first kappa shape index (κ1) is 29.9. The van der Waals surface area contributed by atoms with Gasteiger partial charge in [0.2, 0.25) is 0 Å². The second-order valence-corrected chi connectivity index (χ2v) is 14.2. The molecular weight excluding hydrogens is 564 g/mol. The molecule has 2 aliphatic rings. The fraction of sp³-hybridized carbons (Fsp3) is 0.581. The molecule has 0 radical (unpaired) electrons. The molecule has 36 heavy (non-hydrogen) atoms. The number of phenolic OH excluding ortho intramolecular Hbond substituents is 1. The molecule has 0 aromatic heterocycles. The van der Waals surface area contributed by atoms with Crippen LogP contribution in [0.3, 0.4) is 0 Å². The average Bonchev–Trinajstić information content (AvgIpc) is 2.90. The summed E-state index contributed by atoms with van der Waals surface area (Å²) in [6, 6.07) is 15.4. The number of hydrogen-bond donors (Lipinski definition) is 1. The predicted molar refractivity (Wildman–Crippen MR) is 153 cm³/mol. The monoisotopic (exact) mass is 605 g/mol. The molecule has 2 aliphatic carbocycles. The van der Waals surface area contributed by atoms with Gasteiger partial charge in [-0.3, -0.25) is 4.99 Å². The van der Waals surface area contributed by atoms with Gasteiger partial charge in [0.15, 0.2) is 0 Å². The van der Waals surface area contributed by atoms with E-state index >= 15 is 0 Å². The van der Waals surface area contributed by atoms with Crippen LogP contribution in [0.25, 0.3) is 11.1 Å². The minimum absolute atomic E-state index is 0.409. The van der Waals surface area contributed by atoms with Crippen molar-refractivity contribution in [1.82, 2.24) is 0 Å². The first-order valence-electron chi connectivity index (χ1n) is 14.1. The van der Waals surface area contributed by atoms with Crippen LogP contribution in [0, 0.1) is 0 Å². The van der Waals surface area contributed by atoms with Crippen LogP contribution in [-0.4, -0.2) is 17.4 Å². The van der Waals surface area contributed by atoms with Crippen molar-refractivity contribution in [3.8, 4) is 16.9 Å². The van der Waals surface area contributed by atoms with Gasteiger partial charge in [-0.25, -0.2) is 0 Å². The first-order valence-corrected chi connectivity index (χ1v) is 20.5. The Morgan fingerprint density at radius 3 is 1.78 bits per heavy atom. The van der Waals surface area contributed by atoms with Gasteiger partial charge in [0.1, 0.15) is 5.75 Å². The Kier molecular flexibility index (Phi) is 14.8. The molecular formula is C31H43Cl2NOZr. The molecule has 2 nitrogen and oxygen atoms in total. The van der Waals surface area contributed by atoms with Crippen molar-refractivity contribution in [3.63, 3.8) is 0 Å². The van der Waals surface area contributed by atoms with Crippen LogP contribution in [0.5, 0.6) is 5.75 Å². The summed E-state index contributed by atoms with van der Waals surface area (Å²) >= 11 is -0.826. The maximum absolute atomic E-state index is 11.6. The summed E-state index contributed by atoms with van der Waals surface area (Å²) in [6.45, 7) is 0. The van der Waals surface area contributed by atoms with Crippen molar-refractivity contribution in [1.29, 1.82) is 0 Å². The summed E-state index contributed by atoms with van der Waals surface area (Å²) in [5.74, 6) is 0.934. The van der Waals surface area contributed by atoms with Gasteiger partial charge in [-0.05, 0) is 48.3 Å². The van der Waals surface area contributed by atoms with Crippen molar-refractivity contribution in [2.45, 2.75) is 115 Å². The van der Waals surface area contributed by atoms with E-state index in [4.69, 9.17) is 22.0 Å². The molecule has 0 heterocycles. The SMILES string of the molecule is Oc1c(C2CCCCCCCCCCC2)ccc(-c2ccccc2)c1C=NC1CCCCC1.[Cl][Zr][Cl]. The summed E-state index contributed by atoms with van der Waals surface area (Å²) in [5, 5.41) is 11.6. The van der Waals surface area contributed by atoms with Crippen LogP contribution in [-0.2, 0) is 20.8 Å². The number of nitrogens with zero attached hydrogens (tertiary/aromatic N) is 1. The zero-order valence-corrected chi connectivity index (χ0v) is 25.7. The Morgan fingerprint density at radius 1 is 0.694 bits per heavy atom. The Bertz CT molecular complexity index is 887. The van der Waals surface area contributed by atoms with Crippen molar-refractivity contribution in [2.24, 2.45) is 4.99 Å². The molecule has 0 unspecified atom stereocenters. The van der Waals surface area contributed by atoms with E-state index in [0.717, 1.165) is 22.3 Å². The Labute approximate surface area is 238 Å². The van der Waals surface area contributed by atoms with Gasteiger partial charge in [0, 0.05) is 17.8 Å². The van der Waals surface area contributed by atoms with Gasteiger partial charge < -0.3 is 5.11 Å². The fourth-order valence-electron chi connectivity index (χ4n) is 5.84. The molecule has 2 aromatic carbocycles. The molecule has 196 valence electrons. The third-order valence-corrected chi connectivity index (χ3v) is 7.87. The normalized spacial score (nSPS) is 19.1. The van der Waals surface area contributed by atoms with E-state index in [1.807, 2.05) is 6.21 Å². The maximum atomic E-state index is 11.6. The molecule has 5 heteroatoms. The van der Waals surface area contributed by atoms with Crippen molar-refractivity contribution in [3.05, 3.63) is 53.6 Å². The number of benzene rings is 2. The first-order chi connectivity index (χ1) is 17.7. The van der Waals surface area contributed by atoms with Gasteiger partial charge >= 0.3 is 37.9 Å².